The largest absolute Gasteiger partial charge is 0.242 e. The summed E-state index contributed by atoms with van der Waals surface area (Å²) in [6.07, 6.45) is 2.96. The van der Waals surface area contributed by atoms with Gasteiger partial charge in [0.05, 0.1) is 15.2 Å². The minimum atomic E-state index is 1.08. The zero-order valence-corrected chi connectivity index (χ0v) is 9.47. The number of para-hydroxylation sites is 1. The molecular formula is C12H15NS. The monoisotopic (exact) mass is 205 g/mol. The highest BCUT2D eigenvalue weighted by Crippen LogP contribution is 2.19. The van der Waals surface area contributed by atoms with E-state index in [4.69, 9.17) is 0 Å². The number of allylic oxidation sites excluding steroid dienone is 1. The van der Waals surface area contributed by atoms with Gasteiger partial charge in [-0.3, -0.25) is 0 Å². The molecule has 14 heavy (non-hydrogen) atoms. The number of rotatable bonds is 1. The summed E-state index contributed by atoms with van der Waals surface area (Å²) < 4.78 is 1.28. The van der Waals surface area contributed by atoms with Crippen LogP contribution in [0.15, 0.2) is 36.9 Å². The summed E-state index contributed by atoms with van der Waals surface area (Å²) in [5.74, 6) is 0. The Hall–Kier alpha value is -1.15. The van der Waals surface area contributed by atoms with Crippen LogP contribution in [-0.2, 0) is 0 Å². The van der Waals surface area contributed by atoms with Gasteiger partial charge in [-0.05, 0) is 25.5 Å². The first kappa shape index (κ1) is 10.9. The Bertz CT molecular complexity index is 370. The van der Waals surface area contributed by atoms with Gasteiger partial charge in [0.15, 0.2) is 0 Å². The molecule has 0 radical (unpaired) electrons. The molecule has 0 atom stereocenters. The molecule has 1 heterocycles. The van der Waals surface area contributed by atoms with Crippen LogP contribution in [0.5, 0.6) is 0 Å². The van der Waals surface area contributed by atoms with E-state index in [1.807, 2.05) is 31.2 Å². The highest BCUT2D eigenvalue weighted by molar-refractivity contribution is 7.18. The number of aryl methyl sites for hydroxylation is 1. The molecule has 0 saturated carbocycles. The number of hydrogen-bond acceptors (Lipinski definition) is 2. The normalized spacial score (nSPS) is 9.29. The Labute approximate surface area is 89.1 Å². The summed E-state index contributed by atoms with van der Waals surface area (Å²) in [5.41, 5.74) is 1.12. The van der Waals surface area contributed by atoms with E-state index in [0.717, 1.165) is 16.9 Å². The summed E-state index contributed by atoms with van der Waals surface area (Å²) >= 11 is 1.74. The summed E-state index contributed by atoms with van der Waals surface area (Å²) in [5, 5.41) is 1.14. The Morgan fingerprint density at radius 3 is 2.64 bits per heavy atom. The minimum absolute atomic E-state index is 1.08. The van der Waals surface area contributed by atoms with E-state index >= 15 is 0 Å². The highest BCUT2D eigenvalue weighted by atomic mass is 32.1. The van der Waals surface area contributed by atoms with Crippen LogP contribution in [0.4, 0.5) is 0 Å². The van der Waals surface area contributed by atoms with Crippen molar-refractivity contribution in [3.05, 3.63) is 41.9 Å². The highest BCUT2D eigenvalue weighted by Gasteiger charge is 1.95. The van der Waals surface area contributed by atoms with Gasteiger partial charge in [-0.2, -0.15) is 0 Å². The van der Waals surface area contributed by atoms with Gasteiger partial charge >= 0.3 is 0 Å². The lowest BCUT2D eigenvalue weighted by atomic mass is 10.3. The third kappa shape index (κ3) is 2.96. The number of benzene rings is 1. The molecule has 0 N–H and O–H groups in total. The smallest absolute Gasteiger partial charge is 0.0907 e. The van der Waals surface area contributed by atoms with Crippen LogP contribution < -0.4 is 0 Å². The molecular weight excluding hydrogens is 190 g/mol. The van der Waals surface area contributed by atoms with Gasteiger partial charge in [0.2, 0.25) is 0 Å². The van der Waals surface area contributed by atoms with Crippen molar-refractivity contribution in [3.8, 4) is 0 Å². The number of hydrogen-bond donors (Lipinski definition) is 0. The average Bonchev–Trinajstić information content (AvgIpc) is 2.58. The quantitative estimate of drug-likeness (QED) is 0.636. The van der Waals surface area contributed by atoms with E-state index in [1.165, 1.54) is 4.70 Å². The fourth-order valence-corrected chi connectivity index (χ4v) is 1.81. The van der Waals surface area contributed by atoms with Crippen LogP contribution in [0.25, 0.3) is 10.2 Å². The zero-order chi connectivity index (χ0) is 10.4. The maximum absolute atomic E-state index is 4.33. The average molecular weight is 205 g/mol. The summed E-state index contributed by atoms with van der Waals surface area (Å²) in [7, 11) is 0. The molecule has 0 saturated heterocycles. The molecule has 0 unspecified atom stereocenters. The molecule has 0 aliphatic heterocycles. The third-order valence-electron chi connectivity index (χ3n) is 1.69. The van der Waals surface area contributed by atoms with Crippen molar-refractivity contribution in [2.75, 3.05) is 0 Å². The number of fused-ring (bicyclic) bond motifs is 1. The molecule has 1 nitrogen and oxygen atoms in total. The lowest BCUT2D eigenvalue weighted by Crippen LogP contribution is -1.65. The lowest BCUT2D eigenvalue weighted by Gasteiger charge is -1.80. The maximum Gasteiger partial charge on any atom is 0.0907 e. The van der Waals surface area contributed by atoms with Gasteiger partial charge in [0.1, 0.15) is 0 Å². The summed E-state index contributed by atoms with van der Waals surface area (Å²) in [6.45, 7) is 7.57. The van der Waals surface area contributed by atoms with Crippen LogP contribution >= 0.6 is 11.3 Å². The van der Waals surface area contributed by atoms with Crippen molar-refractivity contribution < 1.29 is 0 Å². The Morgan fingerprint density at radius 1 is 1.43 bits per heavy atom. The molecule has 1 aromatic carbocycles. The van der Waals surface area contributed by atoms with Crippen molar-refractivity contribution in [2.45, 2.75) is 20.3 Å². The fraction of sp³-hybridized carbons (Fsp3) is 0.250. The van der Waals surface area contributed by atoms with E-state index in [1.54, 1.807) is 11.3 Å². The Morgan fingerprint density at radius 2 is 2.07 bits per heavy atom. The molecule has 2 aromatic rings. The zero-order valence-electron chi connectivity index (χ0n) is 8.66. The second-order valence-electron chi connectivity index (χ2n) is 2.90. The van der Waals surface area contributed by atoms with Gasteiger partial charge in [0.25, 0.3) is 0 Å². The maximum atomic E-state index is 4.33. The van der Waals surface area contributed by atoms with Gasteiger partial charge in [-0.1, -0.05) is 25.1 Å². The molecule has 0 aliphatic carbocycles. The first-order valence-electron chi connectivity index (χ1n) is 4.71. The van der Waals surface area contributed by atoms with E-state index in [0.29, 0.717) is 0 Å². The molecule has 0 bridgehead atoms. The fourth-order valence-electron chi connectivity index (χ4n) is 0.987. The Kier molecular flexibility index (Phi) is 4.33. The van der Waals surface area contributed by atoms with Crippen molar-refractivity contribution in [1.29, 1.82) is 0 Å². The predicted molar refractivity (Wildman–Crippen MR) is 64.8 cm³/mol. The molecule has 74 valence electrons. The van der Waals surface area contributed by atoms with E-state index in [2.05, 4.69) is 24.6 Å². The molecule has 1 aromatic heterocycles. The number of nitrogens with zero attached hydrogens (tertiary/aromatic N) is 1. The van der Waals surface area contributed by atoms with Crippen LogP contribution in [0, 0.1) is 6.92 Å². The summed E-state index contributed by atoms with van der Waals surface area (Å²) in [6, 6.07) is 8.19. The van der Waals surface area contributed by atoms with Gasteiger partial charge in [-0.25, -0.2) is 4.98 Å². The van der Waals surface area contributed by atoms with Crippen LogP contribution in [0.3, 0.4) is 0 Å². The van der Waals surface area contributed by atoms with Crippen molar-refractivity contribution in [3.63, 3.8) is 0 Å². The van der Waals surface area contributed by atoms with Gasteiger partial charge < -0.3 is 0 Å². The third-order valence-corrected chi connectivity index (χ3v) is 2.64. The van der Waals surface area contributed by atoms with Gasteiger partial charge in [-0.15, -0.1) is 17.9 Å². The second kappa shape index (κ2) is 5.55. The van der Waals surface area contributed by atoms with Crippen LogP contribution in [-0.4, -0.2) is 4.98 Å². The summed E-state index contributed by atoms with van der Waals surface area (Å²) in [4.78, 5) is 4.33. The second-order valence-corrected chi connectivity index (χ2v) is 4.13. The van der Waals surface area contributed by atoms with E-state index < -0.39 is 0 Å². The standard InChI is InChI=1S/C8H7NS.C4H8/c1-6-9-7-4-2-3-5-8(7)10-6;1-3-4-2/h2-5H,1H3;3H,1,4H2,2H3. The number of aromatic nitrogens is 1. The molecule has 0 spiro atoms. The number of thiazole rings is 1. The van der Waals surface area contributed by atoms with E-state index in [9.17, 15) is 0 Å². The molecule has 0 aliphatic rings. The molecule has 2 rings (SSSR count). The first-order valence-corrected chi connectivity index (χ1v) is 5.52. The SMILES string of the molecule is C=CCC.Cc1nc2ccccc2s1. The Balaban J connectivity index is 0.000000213. The lowest BCUT2D eigenvalue weighted by molar-refractivity contribution is 1.23. The van der Waals surface area contributed by atoms with E-state index in [-0.39, 0.29) is 0 Å². The predicted octanol–water partition coefficient (Wildman–Crippen LogP) is 4.19. The first-order chi connectivity index (χ1) is 6.77. The van der Waals surface area contributed by atoms with Crippen LogP contribution in [0.1, 0.15) is 18.4 Å². The van der Waals surface area contributed by atoms with Crippen molar-refractivity contribution in [2.24, 2.45) is 0 Å². The topological polar surface area (TPSA) is 12.9 Å². The van der Waals surface area contributed by atoms with Gasteiger partial charge in [0, 0.05) is 0 Å². The molecule has 0 fully saturated rings. The van der Waals surface area contributed by atoms with Crippen molar-refractivity contribution >= 4 is 21.6 Å². The van der Waals surface area contributed by atoms with Crippen LogP contribution in [0.2, 0.25) is 0 Å². The minimum Gasteiger partial charge on any atom is -0.242 e. The molecule has 0 amide bonds. The molecule has 2 heteroatoms. The van der Waals surface area contributed by atoms with Crippen molar-refractivity contribution in [1.82, 2.24) is 4.98 Å².